The van der Waals surface area contributed by atoms with Crippen LogP contribution in [-0.4, -0.2) is 23.9 Å². The van der Waals surface area contributed by atoms with E-state index in [-0.39, 0.29) is 11.3 Å². The zero-order valence-electron chi connectivity index (χ0n) is 20.1. The molecule has 0 saturated heterocycles. The van der Waals surface area contributed by atoms with E-state index in [0.717, 1.165) is 28.1 Å². The molecule has 1 aliphatic heterocycles. The molecule has 0 aromatic heterocycles. The maximum atomic E-state index is 11.5. The van der Waals surface area contributed by atoms with Crippen LogP contribution in [-0.2, 0) is 4.74 Å². The molecule has 5 heteroatoms. The van der Waals surface area contributed by atoms with E-state index >= 15 is 0 Å². The van der Waals surface area contributed by atoms with Crippen LogP contribution < -0.4 is 10.6 Å². The van der Waals surface area contributed by atoms with Gasteiger partial charge in [0.25, 0.3) is 0 Å². The van der Waals surface area contributed by atoms with E-state index in [0.29, 0.717) is 5.92 Å². The zero-order chi connectivity index (χ0) is 24.2. The van der Waals surface area contributed by atoms with Gasteiger partial charge >= 0.3 is 5.97 Å². The van der Waals surface area contributed by atoms with E-state index in [1.54, 1.807) is 25.3 Å². The Morgan fingerprint density at radius 2 is 1.82 bits per heavy atom. The summed E-state index contributed by atoms with van der Waals surface area (Å²) in [6.07, 6.45) is 4.77. The van der Waals surface area contributed by atoms with Crippen molar-refractivity contribution in [3.63, 3.8) is 0 Å². The van der Waals surface area contributed by atoms with Crippen LogP contribution in [0.3, 0.4) is 0 Å². The average Bonchev–Trinajstić information content (AvgIpc) is 3.60. The Labute approximate surface area is 200 Å². The fraction of sp³-hybridized carbons (Fsp3) is 0.276. The summed E-state index contributed by atoms with van der Waals surface area (Å²) < 4.78 is 6.26. The minimum absolute atomic E-state index is 0.0938. The standard InChI is InChI=1S/C29H30N2O3/c1-17-7-5-9-21(19-11-12-19)23(17)16-24-27-18(2)8-6-10-26(27)31(29(24,3)34-4)20-13-14-22(28(32)33)25(30)15-20/h5-10,13-16,19H,11-12,30H2,1-4H3,(H,32,33)/b24-16-. The molecule has 0 spiro atoms. The van der Waals surface area contributed by atoms with Gasteiger partial charge in [0, 0.05) is 29.6 Å². The number of rotatable bonds is 5. The van der Waals surface area contributed by atoms with Gasteiger partial charge in [0.05, 0.1) is 11.3 Å². The summed E-state index contributed by atoms with van der Waals surface area (Å²) in [7, 11) is 1.72. The van der Waals surface area contributed by atoms with Crippen LogP contribution >= 0.6 is 0 Å². The number of carbonyl (C=O) groups is 1. The molecule has 5 nitrogen and oxygen atoms in total. The Hall–Kier alpha value is -3.57. The molecule has 1 saturated carbocycles. The van der Waals surface area contributed by atoms with Gasteiger partial charge in [-0.25, -0.2) is 4.79 Å². The number of hydrogen-bond acceptors (Lipinski definition) is 4. The number of nitrogens with two attached hydrogens (primary N) is 1. The Morgan fingerprint density at radius 3 is 2.47 bits per heavy atom. The second-order valence-electron chi connectivity index (χ2n) is 9.48. The molecule has 3 aromatic carbocycles. The second-order valence-corrected chi connectivity index (χ2v) is 9.48. The maximum absolute atomic E-state index is 11.5. The van der Waals surface area contributed by atoms with E-state index in [1.165, 1.54) is 29.5 Å². The summed E-state index contributed by atoms with van der Waals surface area (Å²) in [4.78, 5) is 13.7. The van der Waals surface area contributed by atoms with Crippen molar-refractivity contribution in [1.82, 2.24) is 0 Å². The number of carboxylic acid groups (broad SMARTS) is 1. The molecule has 3 aromatic rings. The highest BCUT2D eigenvalue weighted by atomic mass is 16.5. The van der Waals surface area contributed by atoms with E-state index in [1.807, 2.05) is 6.07 Å². The summed E-state index contributed by atoms with van der Waals surface area (Å²) >= 11 is 0. The fourth-order valence-corrected chi connectivity index (χ4v) is 5.24. The predicted molar refractivity (Wildman–Crippen MR) is 138 cm³/mol. The van der Waals surface area contributed by atoms with Crippen LogP contribution in [0.1, 0.15) is 63.9 Å². The number of hydrogen-bond donors (Lipinski definition) is 2. The summed E-state index contributed by atoms with van der Waals surface area (Å²) in [6, 6.07) is 17.9. The molecule has 174 valence electrons. The first-order chi connectivity index (χ1) is 16.3. The third-order valence-corrected chi connectivity index (χ3v) is 7.27. The van der Waals surface area contributed by atoms with Crippen molar-refractivity contribution in [2.24, 2.45) is 0 Å². The van der Waals surface area contributed by atoms with Crippen molar-refractivity contribution in [3.05, 3.63) is 88.0 Å². The van der Waals surface area contributed by atoms with Gasteiger partial charge < -0.3 is 20.5 Å². The van der Waals surface area contributed by atoms with Gasteiger partial charge in [-0.2, -0.15) is 0 Å². The highest BCUT2D eigenvalue weighted by molar-refractivity contribution is 6.02. The highest BCUT2D eigenvalue weighted by Crippen LogP contribution is 2.54. The number of nitrogens with zero attached hydrogens (tertiary/aromatic N) is 1. The summed E-state index contributed by atoms with van der Waals surface area (Å²) in [6.45, 7) is 6.35. The molecule has 3 N–H and O–H groups in total. The molecular formula is C29H30N2O3. The molecular weight excluding hydrogens is 424 g/mol. The molecule has 1 heterocycles. The van der Waals surface area contributed by atoms with Gasteiger partial charge in [0.1, 0.15) is 0 Å². The van der Waals surface area contributed by atoms with Crippen molar-refractivity contribution in [1.29, 1.82) is 0 Å². The molecule has 1 aliphatic carbocycles. The van der Waals surface area contributed by atoms with Gasteiger partial charge in [-0.3, -0.25) is 0 Å². The highest BCUT2D eigenvalue weighted by Gasteiger charge is 2.46. The lowest BCUT2D eigenvalue weighted by Crippen LogP contribution is -2.42. The lowest BCUT2D eigenvalue weighted by Gasteiger charge is -2.37. The smallest absolute Gasteiger partial charge is 0.337 e. The number of carboxylic acids is 1. The topological polar surface area (TPSA) is 75.8 Å². The molecule has 1 atom stereocenters. The summed E-state index contributed by atoms with van der Waals surface area (Å²) in [5, 5.41) is 9.45. The Balaban J connectivity index is 1.75. The number of ether oxygens (including phenoxy) is 1. The quantitative estimate of drug-likeness (QED) is 0.430. The molecule has 2 aliphatic rings. The van der Waals surface area contributed by atoms with E-state index in [2.05, 4.69) is 62.1 Å². The first-order valence-electron chi connectivity index (χ1n) is 11.7. The number of fused-ring (bicyclic) bond motifs is 1. The van der Waals surface area contributed by atoms with Crippen molar-refractivity contribution < 1.29 is 14.6 Å². The molecule has 1 fully saturated rings. The third-order valence-electron chi connectivity index (χ3n) is 7.27. The fourth-order valence-electron chi connectivity index (χ4n) is 5.24. The van der Waals surface area contributed by atoms with Gasteiger partial charge in [0.15, 0.2) is 5.72 Å². The SMILES string of the molecule is COC1(C)/C(=C\c2c(C)cccc2C2CC2)c2c(C)cccc2N1c1ccc(C(=O)O)c(N)c1. The van der Waals surface area contributed by atoms with Crippen molar-refractivity contribution in [2.45, 2.75) is 45.3 Å². The van der Waals surface area contributed by atoms with Crippen LogP contribution in [0.15, 0.2) is 54.6 Å². The average molecular weight is 455 g/mol. The number of methoxy groups -OCH3 is 1. The van der Waals surface area contributed by atoms with Gasteiger partial charge in [-0.1, -0.05) is 30.3 Å². The van der Waals surface area contributed by atoms with Crippen molar-refractivity contribution in [2.75, 3.05) is 17.7 Å². The Bertz CT molecular complexity index is 1340. The van der Waals surface area contributed by atoms with Crippen molar-refractivity contribution >= 4 is 34.7 Å². The minimum atomic E-state index is -1.04. The first-order valence-corrected chi connectivity index (χ1v) is 11.7. The van der Waals surface area contributed by atoms with Crippen molar-refractivity contribution in [3.8, 4) is 0 Å². The normalized spacial score (nSPS) is 20.6. The third kappa shape index (κ3) is 3.39. The first kappa shape index (κ1) is 22.2. The minimum Gasteiger partial charge on any atom is -0.478 e. The largest absolute Gasteiger partial charge is 0.478 e. The molecule has 0 amide bonds. The Kier molecular flexibility index (Phi) is 5.25. The van der Waals surface area contributed by atoms with Gasteiger partial charge in [-0.05, 0) is 92.1 Å². The molecule has 0 radical (unpaired) electrons. The van der Waals surface area contributed by atoms with Crippen LogP contribution in [0.5, 0.6) is 0 Å². The zero-order valence-corrected chi connectivity index (χ0v) is 20.1. The van der Waals surface area contributed by atoms with Gasteiger partial charge in [-0.15, -0.1) is 0 Å². The monoisotopic (exact) mass is 454 g/mol. The number of benzene rings is 3. The number of nitrogen functional groups attached to an aromatic ring is 1. The van der Waals surface area contributed by atoms with E-state index < -0.39 is 11.7 Å². The number of aryl methyl sites for hydroxylation is 2. The van der Waals surface area contributed by atoms with Gasteiger partial charge in [0.2, 0.25) is 0 Å². The lowest BCUT2D eigenvalue weighted by molar-refractivity contribution is 0.0681. The van der Waals surface area contributed by atoms with E-state index in [4.69, 9.17) is 10.5 Å². The van der Waals surface area contributed by atoms with Crippen LogP contribution in [0, 0.1) is 13.8 Å². The number of anilines is 3. The van der Waals surface area contributed by atoms with Crippen LogP contribution in [0.25, 0.3) is 11.6 Å². The molecule has 34 heavy (non-hydrogen) atoms. The predicted octanol–water partition coefficient (Wildman–Crippen LogP) is 6.52. The number of aromatic carboxylic acids is 1. The Morgan fingerprint density at radius 1 is 1.12 bits per heavy atom. The lowest BCUT2D eigenvalue weighted by atomic mass is 9.90. The summed E-state index contributed by atoms with van der Waals surface area (Å²) in [5.41, 5.74) is 14.7. The van der Waals surface area contributed by atoms with Crippen LogP contribution in [0.4, 0.5) is 17.1 Å². The molecule has 1 unspecified atom stereocenters. The molecule has 5 rings (SSSR count). The second kappa shape index (κ2) is 8.03. The molecule has 0 bridgehead atoms. The maximum Gasteiger partial charge on any atom is 0.337 e. The van der Waals surface area contributed by atoms with E-state index in [9.17, 15) is 9.90 Å². The van der Waals surface area contributed by atoms with Crippen LogP contribution in [0.2, 0.25) is 0 Å². The summed E-state index contributed by atoms with van der Waals surface area (Å²) in [5.74, 6) is -0.415.